The van der Waals surface area contributed by atoms with Gasteiger partial charge in [0.1, 0.15) is 5.82 Å². The van der Waals surface area contributed by atoms with Crippen LogP contribution in [-0.2, 0) is 0 Å². The molecule has 0 spiro atoms. The highest BCUT2D eigenvalue weighted by Crippen LogP contribution is 2.25. The summed E-state index contributed by atoms with van der Waals surface area (Å²) >= 11 is 18.0. The van der Waals surface area contributed by atoms with Gasteiger partial charge in [-0.05, 0) is 48.5 Å². The number of anilines is 1. The molecule has 0 bridgehead atoms. The maximum atomic E-state index is 12.5. The summed E-state index contributed by atoms with van der Waals surface area (Å²) in [4.78, 5) is 20.3. The van der Waals surface area contributed by atoms with Crippen molar-refractivity contribution < 1.29 is 4.79 Å². The molecule has 27 heavy (non-hydrogen) atoms. The molecule has 0 saturated heterocycles. The van der Waals surface area contributed by atoms with Crippen molar-refractivity contribution in [3.63, 3.8) is 0 Å². The number of amides is 1. The normalized spacial score (nSPS) is 10.9. The highest BCUT2D eigenvalue weighted by atomic mass is 35.5. The van der Waals surface area contributed by atoms with E-state index in [0.29, 0.717) is 32.1 Å². The van der Waals surface area contributed by atoms with E-state index in [0.717, 1.165) is 16.6 Å². The van der Waals surface area contributed by atoms with E-state index in [1.807, 2.05) is 30.3 Å². The van der Waals surface area contributed by atoms with Crippen LogP contribution < -0.4 is 5.32 Å². The van der Waals surface area contributed by atoms with Crippen LogP contribution in [0.1, 0.15) is 10.4 Å². The standard InChI is InChI=1S/C20H12Cl3N3O/c21-13-4-5-17-18(10-13)26-19(25-17)11-2-1-3-16(8-11)24-20(27)12-6-14(22)9-15(23)7-12/h1-10H,(H,24,27)(H,25,26). The number of carbonyl (C=O) groups excluding carboxylic acids is 1. The summed E-state index contributed by atoms with van der Waals surface area (Å²) < 4.78 is 0. The molecular weight excluding hydrogens is 405 g/mol. The Balaban J connectivity index is 1.62. The van der Waals surface area contributed by atoms with E-state index >= 15 is 0 Å². The van der Waals surface area contributed by atoms with Gasteiger partial charge < -0.3 is 10.3 Å². The van der Waals surface area contributed by atoms with Gasteiger partial charge in [-0.2, -0.15) is 0 Å². The topological polar surface area (TPSA) is 57.8 Å². The number of fused-ring (bicyclic) bond motifs is 1. The van der Waals surface area contributed by atoms with Crippen LogP contribution in [0.4, 0.5) is 5.69 Å². The van der Waals surface area contributed by atoms with Gasteiger partial charge in [0.25, 0.3) is 5.91 Å². The Kier molecular flexibility index (Phi) is 4.79. The van der Waals surface area contributed by atoms with Crippen molar-refractivity contribution in [3.8, 4) is 11.4 Å². The Morgan fingerprint density at radius 1 is 0.889 bits per heavy atom. The lowest BCUT2D eigenvalue weighted by atomic mass is 10.1. The number of hydrogen-bond donors (Lipinski definition) is 2. The second-order valence-corrected chi connectivity index (χ2v) is 7.25. The molecule has 0 radical (unpaired) electrons. The van der Waals surface area contributed by atoms with E-state index < -0.39 is 0 Å². The molecule has 0 atom stereocenters. The quantitative estimate of drug-likeness (QED) is 0.403. The van der Waals surface area contributed by atoms with Crippen LogP contribution in [0.5, 0.6) is 0 Å². The monoisotopic (exact) mass is 415 g/mol. The maximum absolute atomic E-state index is 12.5. The molecule has 0 aliphatic heterocycles. The SMILES string of the molecule is O=C(Nc1cccc(-c2nc3ccc(Cl)cc3[nH]2)c1)c1cc(Cl)cc(Cl)c1. The molecule has 1 aromatic heterocycles. The number of hydrogen-bond acceptors (Lipinski definition) is 2. The first-order valence-corrected chi connectivity index (χ1v) is 9.14. The van der Waals surface area contributed by atoms with E-state index in [9.17, 15) is 4.79 Å². The summed E-state index contributed by atoms with van der Waals surface area (Å²) in [5.41, 5.74) is 3.52. The minimum atomic E-state index is -0.298. The number of aromatic amines is 1. The predicted molar refractivity (Wildman–Crippen MR) is 111 cm³/mol. The van der Waals surface area contributed by atoms with E-state index in [1.54, 1.807) is 30.3 Å². The van der Waals surface area contributed by atoms with Gasteiger partial charge in [-0.3, -0.25) is 4.79 Å². The summed E-state index contributed by atoms with van der Waals surface area (Å²) in [5, 5.41) is 4.29. The largest absolute Gasteiger partial charge is 0.338 e. The van der Waals surface area contributed by atoms with E-state index in [1.165, 1.54) is 0 Å². The number of rotatable bonds is 3. The van der Waals surface area contributed by atoms with Crippen molar-refractivity contribution in [2.45, 2.75) is 0 Å². The van der Waals surface area contributed by atoms with Crippen LogP contribution in [-0.4, -0.2) is 15.9 Å². The zero-order valence-electron chi connectivity index (χ0n) is 13.8. The van der Waals surface area contributed by atoms with Gasteiger partial charge in [0.05, 0.1) is 11.0 Å². The highest BCUT2D eigenvalue weighted by Gasteiger charge is 2.10. The van der Waals surface area contributed by atoms with Gasteiger partial charge >= 0.3 is 0 Å². The molecule has 1 heterocycles. The van der Waals surface area contributed by atoms with Crippen molar-refractivity contribution in [2.75, 3.05) is 5.32 Å². The van der Waals surface area contributed by atoms with Gasteiger partial charge in [-0.25, -0.2) is 4.98 Å². The third-order valence-electron chi connectivity index (χ3n) is 3.96. The first kappa shape index (κ1) is 17.9. The molecule has 0 unspecified atom stereocenters. The molecule has 0 fully saturated rings. The molecule has 1 amide bonds. The molecule has 4 nitrogen and oxygen atoms in total. The van der Waals surface area contributed by atoms with Crippen LogP contribution in [0.3, 0.4) is 0 Å². The van der Waals surface area contributed by atoms with Crippen molar-refractivity contribution in [1.82, 2.24) is 9.97 Å². The number of carbonyl (C=O) groups is 1. The predicted octanol–water partition coefficient (Wildman–Crippen LogP) is 6.44. The summed E-state index contributed by atoms with van der Waals surface area (Å²) in [6, 6.07) is 17.6. The van der Waals surface area contributed by atoms with Gasteiger partial charge in [0.15, 0.2) is 0 Å². The van der Waals surface area contributed by atoms with Gasteiger partial charge in [0, 0.05) is 31.9 Å². The zero-order chi connectivity index (χ0) is 19.0. The molecule has 134 valence electrons. The molecule has 4 rings (SSSR count). The van der Waals surface area contributed by atoms with Crippen molar-refractivity contribution in [1.29, 1.82) is 0 Å². The molecule has 0 aliphatic rings. The number of benzene rings is 3. The van der Waals surface area contributed by atoms with Crippen molar-refractivity contribution in [2.24, 2.45) is 0 Å². The van der Waals surface area contributed by atoms with Gasteiger partial charge in [0.2, 0.25) is 0 Å². The van der Waals surface area contributed by atoms with Crippen molar-refractivity contribution in [3.05, 3.63) is 81.3 Å². The lowest BCUT2D eigenvalue weighted by Crippen LogP contribution is -2.11. The van der Waals surface area contributed by atoms with E-state index in [-0.39, 0.29) is 5.91 Å². The summed E-state index contributed by atoms with van der Waals surface area (Å²) in [6.07, 6.45) is 0. The molecule has 7 heteroatoms. The highest BCUT2D eigenvalue weighted by molar-refractivity contribution is 6.35. The minimum absolute atomic E-state index is 0.298. The van der Waals surface area contributed by atoms with Crippen LogP contribution in [0.25, 0.3) is 22.4 Å². The van der Waals surface area contributed by atoms with Gasteiger partial charge in [-0.1, -0.05) is 46.9 Å². The summed E-state index contributed by atoms with van der Waals surface area (Å²) in [6.45, 7) is 0. The second-order valence-electron chi connectivity index (χ2n) is 5.94. The number of nitrogens with zero attached hydrogens (tertiary/aromatic N) is 1. The van der Waals surface area contributed by atoms with Gasteiger partial charge in [-0.15, -0.1) is 0 Å². The Labute approximate surface area is 170 Å². The minimum Gasteiger partial charge on any atom is -0.338 e. The molecule has 0 aliphatic carbocycles. The second kappa shape index (κ2) is 7.24. The number of H-pyrrole nitrogens is 1. The maximum Gasteiger partial charge on any atom is 0.255 e. The fourth-order valence-corrected chi connectivity index (χ4v) is 3.45. The third-order valence-corrected chi connectivity index (χ3v) is 4.63. The Hall–Kier alpha value is -2.53. The molecule has 4 aromatic rings. The van der Waals surface area contributed by atoms with Crippen molar-refractivity contribution >= 4 is 57.4 Å². The Morgan fingerprint density at radius 3 is 2.44 bits per heavy atom. The zero-order valence-corrected chi connectivity index (χ0v) is 16.0. The first-order valence-electron chi connectivity index (χ1n) is 8.01. The van der Waals surface area contributed by atoms with Crippen LogP contribution in [0, 0.1) is 0 Å². The van der Waals surface area contributed by atoms with E-state index in [4.69, 9.17) is 34.8 Å². The fraction of sp³-hybridized carbons (Fsp3) is 0. The molecule has 2 N–H and O–H groups in total. The number of nitrogens with one attached hydrogen (secondary N) is 2. The summed E-state index contributed by atoms with van der Waals surface area (Å²) in [5.74, 6) is 0.391. The van der Waals surface area contributed by atoms with Crippen LogP contribution in [0.15, 0.2) is 60.7 Å². The smallest absolute Gasteiger partial charge is 0.255 e. The lowest BCUT2D eigenvalue weighted by molar-refractivity contribution is 0.102. The van der Waals surface area contributed by atoms with Crippen LogP contribution >= 0.6 is 34.8 Å². The average molecular weight is 417 g/mol. The number of aromatic nitrogens is 2. The number of halogens is 3. The molecule has 3 aromatic carbocycles. The first-order chi connectivity index (χ1) is 13.0. The third kappa shape index (κ3) is 3.93. The van der Waals surface area contributed by atoms with E-state index in [2.05, 4.69) is 15.3 Å². The Bertz CT molecular complexity index is 1150. The average Bonchev–Trinajstić information content (AvgIpc) is 3.04. The lowest BCUT2D eigenvalue weighted by Gasteiger charge is -2.07. The number of imidazole rings is 1. The van der Waals surface area contributed by atoms with Crippen LogP contribution in [0.2, 0.25) is 15.1 Å². The summed E-state index contributed by atoms with van der Waals surface area (Å²) in [7, 11) is 0. The molecule has 0 saturated carbocycles. The molecular formula is C20H12Cl3N3O. The Morgan fingerprint density at radius 2 is 1.67 bits per heavy atom. The fourth-order valence-electron chi connectivity index (χ4n) is 2.75.